The molecule has 44 valence electrons. The molecule has 9 heavy (non-hydrogen) atoms. The average Bonchev–Trinajstić information content (AvgIpc) is 1.85. The third-order valence-electron chi connectivity index (χ3n) is 0.771. The van der Waals surface area contributed by atoms with Crippen molar-refractivity contribution < 1.29 is 0 Å². The predicted molar refractivity (Wildman–Crippen MR) is 40.3 cm³/mol. The Balaban J connectivity index is 0.000000640. The fraction of sp³-hybridized carbons (Fsp3) is 0.250. The molecule has 0 fully saturated rings. The summed E-state index contributed by atoms with van der Waals surface area (Å²) in [7, 11) is 1.68. The van der Waals surface area contributed by atoms with Gasteiger partial charge in [0.2, 0.25) is 0 Å². The van der Waals surface area contributed by atoms with Crippen molar-refractivity contribution in [2.45, 2.75) is 0 Å². The van der Waals surface area contributed by atoms with Crippen molar-refractivity contribution in [2.75, 3.05) is 0 Å². The summed E-state index contributed by atoms with van der Waals surface area (Å²) in [6.45, 7) is 0. The maximum atomic E-state index is 10.5. The third kappa shape index (κ3) is 2.60. The van der Waals surface area contributed by atoms with Gasteiger partial charge in [-0.1, -0.05) is 11.6 Å². The van der Waals surface area contributed by atoms with E-state index in [-0.39, 0.29) is 43.3 Å². The Morgan fingerprint density at radius 2 is 2.33 bits per heavy atom. The van der Waals surface area contributed by atoms with E-state index in [9.17, 15) is 4.79 Å². The van der Waals surface area contributed by atoms with Crippen molar-refractivity contribution in [1.29, 1.82) is 0 Å². The Hall–Kier alpha value is 0.980. The molecular weight excluding hydrogens is 186 g/mol. The Morgan fingerprint density at radius 3 is 2.44 bits per heavy atom. The van der Waals surface area contributed by atoms with E-state index < -0.39 is 0 Å². The molecule has 0 saturated heterocycles. The van der Waals surface area contributed by atoms with Crippen molar-refractivity contribution >= 4 is 60.9 Å². The second kappa shape index (κ2) is 3.98. The molecule has 0 amide bonds. The molecule has 0 aliphatic carbocycles. The van der Waals surface area contributed by atoms with Gasteiger partial charge in [-0.2, -0.15) is 0 Å². The van der Waals surface area contributed by atoms with Gasteiger partial charge in [-0.15, -0.1) is 0 Å². The fourth-order valence-corrected chi connectivity index (χ4v) is 1.35. The first-order chi connectivity index (χ1) is 3.70. The minimum atomic E-state index is -0.0417. The minimum Gasteiger partial charge on any atom is -0.268 e. The van der Waals surface area contributed by atoms with E-state index in [2.05, 4.69) is 0 Å². The first-order valence-electron chi connectivity index (χ1n) is 2.03. The number of aromatic nitrogens is 1. The molecule has 1 heterocycles. The molecule has 0 spiro atoms. The van der Waals surface area contributed by atoms with Crippen LogP contribution in [0, 0.1) is 0 Å². The fourth-order valence-electron chi connectivity index (χ4n) is 0.390. The van der Waals surface area contributed by atoms with E-state index in [0.29, 0.717) is 4.34 Å². The van der Waals surface area contributed by atoms with Gasteiger partial charge in [0.05, 0.1) is 0 Å². The first-order valence-corrected chi connectivity index (χ1v) is 3.18. The third-order valence-corrected chi connectivity index (χ3v) is 1.83. The van der Waals surface area contributed by atoms with E-state index in [0.717, 1.165) is 0 Å². The zero-order chi connectivity index (χ0) is 6.15. The zero-order valence-electron chi connectivity index (χ0n) is 4.93. The molecule has 0 radical (unpaired) electrons. The maximum absolute atomic E-state index is 10.5. The second-order valence-corrected chi connectivity index (χ2v) is 3.18. The summed E-state index contributed by atoms with van der Waals surface area (Å²) in [4.78, 5) is 10.5. The summed E-state index contributed by atoms with van der Waals surface area (Å²) in [6, 6.07) is 1.40. The van der Waals surface area contributed by atoms with Crippen LogP contribution in [0.25, 0.3) is 0 Å². The van der Waals surface area contributed by atoms with Crippen LogP contribution >= 0.6 is 23.1 Å². The van der Waals surface area contributed by atoms with Crippen molar-refractivity contribution in [3.8, 4) is 0 Å². The van der Waals surface area contributed by atoms with Gasteiger partial charge in [-0.3, -0.25) is 8.75 Å². The standard InChI is InChI=1S/C4H4ClNOS.Ca/c1-6-4(7)2-3(5)8-6;/h2H,1H3;/q;+2. The molecule has 1 aromatic heterocycles. The van der Waals surface area contributed by atoms with Crippen LogP contribution in [0.2, 0.25) is 4.34 Å². The van der Waals surface area contributed by atoms with Gasteiger partial charge in [0, 0.05) is 13.1 Å². The second-order valence-electron chi connectivity index (χ2n) is 1.38. The Labute approximate surface area is 91.6 Å². The van der Waals surface area contributed by atoms with Crippen molar-refractivity contribution in [3.05, 3.63) is 20.8 Å². The van der Waals surface area contributed by atoms with E-state index in [4.69, 9.17) is 11.6 Å². The summed E-state index contributed by atoms with van der Waals surface area (Å²) < 4.78 is 2.01. The minimum absolute atomic E-state index is 0. The quantitative estimate of drug-likeness (QED) is 0.552. The SMILES string of the molecule is Cn1sc(Cl)cc1=O.[Ca+2]. The molecule has 0 N–H and O–H groups in total. The van der Waals surface area contributed by atoms with Crippen LogP contribution in [0.1, 0.15) is 0 Å². The van der Waals surface area contributed by atoms with Crippen molar-refractivity contribution in [3.63, 3.8) is 0 Å². The summed E-state index contributed by atoms with van der Waals surface area (Å²) >= 11 is 6.70. The molecule has 1 rings (SSSR count). The summed E-state index contributed by atoms with van der Waals surface area (Å²) in [5.41, 5.74) is -0.0417. The number of hydrogen-bond acceptors (Lipinski definition) is 2. The number of hydrogen-bond donors (Lipinski definition) is 0. The molecule has 0 atom stereocenters. The molecule has 0 aliphatic rings. The Morgan fingerprint density at radius 1 is 1.78 bits per heavy atom. The topological polar surface area (TPSA) is 22.0 Å². The zero-order valence-corrected chi connectivity index (χ0v) is 8.71. The Bertz CT molecular complexity index is 243. The number of aryl methyl sites for hydroxylation is 1. The van der Waals surface area contributed by atoms with E-state index in [1.807, 2.05) is 0 Å². The normalized spacial score (nSPS) is 8.67. The average molecular weight is 190 g/mol. The van der Waals surface area contributed by atoms with Gasteiger partial charge >= 0.3 is 37.7 Å². The molecule has 2 nitrogen and oxygen atoms in total. The van der Waals surface area contributed by atoms with Gasteiger partial charge in [0.1, 0.15) is 4.34 Å². The van der Waals surface area contributed by atoms with Crippen LogP contribution in [0.15, 0.2) is 10.9 Å². The molecule has 5 heteroatoms. The molecule has 0 saturated carbocycles. The molecule has 0 bridgehead atoms. The maximum Gasteiger partial charge on any atom is 2.00 e. The molecule has 0 aromatic carbocycles. The van der Waals surface area contributed by atoms with Gasteiger partial charge in [0.15, 0.2) is 0 Å². The van der Waals surface area contributed by atoms with Gasteiger partial charge < -0.3 is 0 Å². The number of rotatable bonds is 0. The van der Waals surface area contributed by atoms with Crippen LogP contribution in [0.4, 0.5) is 0 Å². The van der Waals surface area contributed by atoms with Crippen LogP contribution in [-0.2, 0) is 7.05 Å². The van der Waals surface area contributed by atoms with Gasteiger partial charge in [-0.05, 0) is 11.5 Å². The summed E-state index contributed by atoms with van der Waals surface area (Å²) in [6.07, 6.45) is 0. The van der Waals surface area contributed by atoms with E-state index in [1.165, 1.54) is 21.6 Å². The molecular formula is C4H4CaClNOS+2. The van der Waals surface area contributed by atoms with Gasteiger partial charge in [0.25, 0.3) is 5.56 Å². The first kappa shape index (κ1) is 9.98. The van der Waals surface area contributed by atoms with Crippen LogP contribution < -0.4 is 5.56 Å². The summed E-state index contributed by atoms with van der Waals surface area (Å²) in [5, 5.41) is 0. The number of halogens is 1. The molecule has 1 aromatic rings. The van der Waals surface area contributed by atoms with Crippen LogP contribution in [0.5, 0.6) is 0 Å². The Kier molecular flexibility index (Phi) is 4.42. The van der Waals surface area contributed by atoms with Gasteiger partial charge in [-0.25, -0.2) is 0 Å². The molecule has 0 unspecified atom stereocenters. The van der Waals surface area contributed by atoms with Crippen molar-refractivity contribution in [2.24, 2.45) is 7.05 Å². The van der Waals surface area contributed by atoms with E-state index >= 15 is 0 Å². The largest absolute Gasteiger partial charge is 2.00 e. The predicted octanol–water partition coefficient (Wildman–Crippen LogP) is 0.719. The number of nitrogens with zero attached hydrogens (tertiary/aromatic N) is 1. The van der Waals surface area contributed by atoms with E-state index in [1.54, 1.807) is 7.05 Å². The van der Waals surface area contributed by atoms with Crippen molar-refractivity contribution in [1.82, 2.24) is 3.96 Å². The van der Waals surface area contributed by atoms with Crippen LogP contribution in [0.3, 0.4) is 0 Å². The summed E-state index contributed by atoms with van der Waals surface area (Å²) in [5.74, 6) is 0. The smallest absolute Gasteiger partial charge is 0.268 e. The monoisotopic (exact) mass is 189 g/mol. The molecule has 0 aliphatic heterocycles. The van der Waals surface area contributed by atoms with Crippen LogP contribution in [-0.4, -0.2) is 41.7 Å².